The zero-order valence-electron chi connectivity index (χ0n) is 22.5. The largest absolute Gasteiger partial charge is 0.444 e. The summed E-state index contributed by atoms with van der Waals surface area (Å²) in [7, 11) is 1.95. The standard InChI is InChI=1S/C28H36BN5O3/c1-17-15-21(18-12-13-18)30-24-16-22(32-34(17)24)23-11-7-8-14-33(23)26(35)25(19-9-5-6-10-20(19)29)31-27(36)37-28(2,3)4/h5-6,9-10,15-16,18,23,25H,7-8,11-14,29H2,1-4H3,(H,31,36)/t23-,25?/m0/s1. The lowest BCUT2D eigenvalue weighted by Crippen LogP contribution is -2.48. The molecule has 0 bridgehead atoms. The Labute approximate surface area is 219 Å². The van der Waals surface area contributed by atoms with Gasteiger partial charge in [-0.2, -0.15) is 5.10 Å². The first-order valence-corrected chi connectivity index (χ1v) is 13.3. The van der Waals surface area contributed by atoms with E-state index in [9.17, 15) is 9.59 Å². The second-order valence-corrected chi connectivity index (χ2v) is 11.4. The number of piperidine rings is 1. The third-order valence-corrected chi connectivity index (χ3v) is 7.17. The van der Waals surface area contributed by atoms with Crippen molar-refractivity contribution in [2.75, 3.05) is 6.54 Å². The summed E-state index contributed by atoms with van der Waals surface area (Å²) in [5, 5.41) is 7.77. The molecule has 1 saturated heterocycles. The van der Waals surface area contributed by atoms with Gasteiger partial charge in [-0.3, -0.25) is 4.79 Å². The van der Waals surface area contributed by atoms with Crippen LogP contribution in [0.15, 0.2) is 36.4 Å². The highest BCUT2D eigenvalue weighted by atomic mass is 16.6. The van der Waals surface area contributed by atoms with E-state index in [1.165, 1.54) is 12.8 Å². The van der Waals surface area contributed by atoms with E-state index in [0.717, 1.165) is 53.0 Å². The number of likely N-dealkylation sites (tertiary alicyclic amines) is 1. The summed E-state index contributed by atoms with van der Waals surface area (Å²) < 4.78 is 7.41. The number of aryl methyl sites for hydroxylation is 1. The van der Waals surface area contributed by atoms with Crippen molar-refractivity contribution < 1.29 is 14.3 Å². The summed E-state index contributed by atoms with van der Waals surface area (Å²) in [6, 6.07) is 10.8. The Kier molecular flexibility index (Phi) is 6.73. The Bertz CT molecular complexity index is 1330. The molecule has 2 aliphatic rings. The summed E-state index contributed by atoms with van der Waals surface area (Å²) >= 11 is 0. The lowest BCUT2D eigenvalue weighted by atomic mass is 9.86. The molecule has 1 unspecified atom stereocenters. The SMILES string of the molecule is Bc1ccccc1C(NC(=O)OC(C)(C)C)C(=O)N1CCCC[C@H]1c1cc2nc(C3CC3)cc(C)n2n1. The first-order valence-electron chi connectivity index (χ1n) is 13.3. The monoisotopic (exact) mass is 501 g/mol. The molecule has 2 atom stereocenters. The zero-order chi connectivity index (χ0) is 26.3. The van der Waals surface area contributed by atoms with E-state index in [1.807, 2.05) is 68.4 Å². The molecule has 3 heterocycles. The van der Waals surface area contributed by atoms with Crippen LogP contribution in [0.4, 0.5) is 4.79 Å². The Hall–Kier alpha value is -3.36. The Morgan fingerprint density at radius 3 is 2.57 bits per heavy atom. The Morgan fingerprint density at radius 1 is 1.11 bits per heavy atom. The van der Waals surface area contributed by atoms with Crippen LogP contribution >= 0.6 is 0 Å². The molecule has 2 fully saturated rings. The van der Waals surface area contributed by atoms with Crippen LogP contribution in [0.1, 0.15) is 93.5 Å². The quantitative estimate of drug-likeness (QED) is 0.541. The number of hydrogen-bond acceptors (Lipinski definition) is 5. The van der Waals surface area contributed by atoms with Gasteiger partial charge in [-0.1, -0.05) is 29.7 Å². The summed E-state index contributed by atoms with van der Waals surface area (Å²) in [5.41, 5.74) is 4.90. The molecule has 9 heteroatoms. The van der Waals surface area contributed by atoms with Crippen LogP contribution in [0, 0.1) is 6.92 Å². The van der Waals surface area contributed by atoms with Crippen LogP contribution in [-0.2, 0) is 9.53 Å². The molecule has 2 aromatic heterocycles. The van der Waals surface area contributed by atoms with E-state index in [0.29, 0.717) is 12.5 Å². The molecule has 5 rings (SSSR count). The van der Waals surface area contributed by atoms with Crippen LogP contribution < -0.4 is 10.8 Å². The van der Waals surface area contributed by atoms with E-state index in [1.54, 1.807) is 0 Å². The average Bonchev–Trinajstić information content (AvgIpc) is 3.60. The van der Waals surface area contributed by atoms with Crippen molar-refractivity contribution in [1.29, 1.82) is 0 Å². The topological polar surface area (TPSA) is 88.8 Å². The van der Waals surface area contributed by atoms with E-state index < -0.39 is 17.7 Å². The normalized spacial score (nSPS) is 19.0. The van der Waals surface area contributed by atoms with Gasteiger partial charge in [0.2, 0.25) is 5.91 Å². The number of alkyl carbamates (subject to hydrolysis) is 1. The molecule has 8 nitrogen and oxygen atoms in total. The minimum Gasteiger partial charge on any atom is -0.444 e. The van der Waals surface area contributed by atoms with Crippen molar-refractivity contribution in [1.82, 2.24) is 24.8 Å². The van der Waals surface area contributed by atoms with Crippen molar-refractivity contribution in [3.05, 3.63) is 59.0 Å². The van der Waals surface area contributed by atoms with Crippen LogP contribution in [0.25, 0.3) is 5.65 Å². The van der Waals surface area contributed by atoms with Crippen molar-refractivity contribution in [2.24, 2.45) is 0 Å². The molecule has 1 aromatic carbocycles. The van der Waals surface area contributed by atoms with Gasteiger partial charge < -0.3 is 15.0 Å². The van der Waals surface area contributed by atoms with Gasteiger partial charge in [-0.15, -0.1) is 0 Å². The molecule has 2 amide bonds. The van der Waals surface area contributed by atoms with Gasteiger partial charge in [-0.05, 0) is 71.4 Å². The number of amides is 2. The Morgan fingerprint density at radius 2 is 1.86 bits per heavy atom. The number of benzene rings is 1. The van der Waals surface area contributed by atoms with Crippen molar-refractivity contribution in [2.45, 2.75) is 83.4 Å². The molecule has 3 aromatic rings. The lowest BCUT2D eigenvalue weighted by molar-refractivity contribution is -0.137. The number of aromatic nitrogens is 3. The fourth-order valence-electron chi connectivity index (χ4n) is 5.20. The van der Waals surface area contributed by atoms with Crippen LogP contribution in [0.3, 0.4) is 0 Å². The second-order valence-electron chi connectivity index (χ2n) is 11.4. The Balaban J connectivity index is 1.47. The molecule has 194 valence electrons. The summed E-state index contributed by atoms with van der Waals surface area (Å²) in [5.74, 6) is 0.411. The van der Waals surface area contributed by atoms with Gasteiger partial charge >= 0.3 is 6.09 Å². The van der Waals surface area contributed by atoms with Crippen LogP contribution in [-0.4, -0.2) is 51.5 Å². The molecular formula is C28H36BN5O3. The van der Waals surface area contributed by atoms with Gasteiger partial charge in [0.05, 0.1) is 11.7 Å². The molecule has 1 aliphatic carbocycles. The van der Waals surface area contributed by atoms with Gasteiger partial charge in [0.25, 0.3) is 0 Å². The van der Waals surface area contributed by atoms with E-state index in [2.05, 4.69) is 18.3 Å². The van der Waals surface area contributed by atoms with Crippen LogP contribution in [0.2, 0.25) is 0 Å². The van der Waals surface area contributed by atoms with Gasteiger partial charge in [0.1, 0.15) is 19.5 Å². The van der Waals surface area contributed by atoms with Crippen LogP contribution in [0.5, 0.6) is 0 Å². The van der Waals surface area contributed by atoms with E-state index >= 15 is 0 Å². The number of fused-ring (bicyclic) bond motifs is 1. The predicted molar refractivity (Wildman–Crippen MR) is 145 cm³/mol. The first kappa shape index (κ1) is 25.3. The minimum absolute atomic E-state index is 0.148. The number of ether oxygens (including phenoxy) is 1. The van der Waals surface area contributed by atoms with E-state index in [4.69, 9.17) is 14.8 Å². The van der Waals surface area contributed by atoms with E-state index in [-0.39, 0.29) is 11.9 Å². The fraction of sp³-hybridized carbons (Fsp3) is 0.500. The summed E-state index contributed by atoms with van der Waals surface area (Å²) in [4.78, 5) is 33.7. The van der Waals surface area contributed by atoms with Gasteiger partial charge in [-0.25, -0.2) is 14.3 Å². The van der Waals surface area contributed by atoms with Gasteiger partial charge in [0.15, 0.2) is 5.65 Å². The molecule has 0 spiro atoms. The van der Waals surface area contributed by atoms with Crippen molar-refractivity contribution in [3.63, 3.8) is 0 Å². The third kappa shape index (κ3) is 5.50. The highest BCUT2D eigenvalue weighted by Gasteiger charge is 2.37. The molecule has 1 saturated carbocycles. The third-order valence-electron chi connectivity index (χ3n) is 7.17. The number of hydrogen-bond donors (Lipinski definition) is 1. The predicted octanol–water partition coefficient (Wildman–Crippen LogP) is 3.49. The molecule has 1 aliphatic heterocycles. The minimum atomic E-state index is -0.852. The second kappa shape index (κ2) is 9.84. The van der Waals surface area contributed by atoms with Gasteiger partial charge in [0, 0.05) is 29.9 Å². The maximum atomic E-state index is 14.2. The molecule has 37 heavy (non-hydrogen) atoms. The smallest absolute Gasteiger partial charge is 0.408 e. The number of rotatable bonds is 5. The fourth-order valence-corrected chi connectivity index (χ4v) is 5.20. The molecular weight excluding hydrogens is 465 g/mol. The molecule has 1 N–H and O–H groups in total. The van der Waals surface area contributed by atoms with Crippen molar-refractivity contribution in [3.8, 4) is 0 Å². The highest BCUT2D eigenvalue weighted by Crippen LogP contribution is 2.40. The number of carbonyl (C=O) groups excluding carboxylic acids is 2. The first-order chi connectivity index (χ1) is 17.6. The number of nitrogens with zero attached hydrogens (tertiary/aromatic N) is 4. The summed E-state index contributed by atoms with van der Waals surface area (Å²) in [6.07, 6.45) is 4.51. The lowest BCUT2D eigenvalue weighted by Gasteiger charge is -2.37. The average molecular weight is 501 g/mol. The number of nitrogens with one attached hydrogen (secondary N) is 1. The molecule has 0 radical (unpaired) electrons. The highest BCUT2D eigenvalue weighted by molar-refractivity contribution is 6.33. The maximum absolute atomic E-state index is 14.2. The van der Waals surface area contributed by atoms with Crippen molar-refractivity contribution >= 4 is 31.0 Å². The zero-order valence-corrected chi connectivity index (χ0v) is 22.5. The number of carbonyl (C=O) groups is 2. The summed E-state index contributed by atoms with van der Waals surface area (Å²) in [6.45, 7) is 8.10. The maximum Gasteiger partial charge on any atom is 0.408 e.